The molecule has 1 aromatic rings. The van der Waals surface area contributed by atoms with Gasteiger partial charge in [0.15, 0.2) is 0 Å². The summed E-state index contributed by atoms with van der Waals surface area (Å²) in [5.74, 6) is 0.191. The van der Waals surface area contributed by atoms with Crippen molar-refractivity contribution in [3.8, 4) is 0 Å². The van der Waals surface area contributed by atoms with Crippen molar-refractivity contribution in [1.29, 1.82) is 0 Å². The standard InChI is InChI=1S/C20H30N4O2.2ClH/c1-16-5-7-17(8-6-16)19(21)20(26)24-13-11-22(12-14-24)15-18(25)23-9-3-2-4-10-23;;/h5-8,19H,2-4,9-15,21H2,1H3;2*1H. The first-order valence-corrected chi connectivity index (χ1v) is 9.65. The summed E-state index contributed by atoms with van der Waals surface area (Å²) in [5, 5.41) is 0. The Labute approximate surface area is 180 Å². The van der Waals surface area contributed by atoms with Gasteiger partial charge in [0.1, 0.15) is 6.04 Å². The Morgan fingerprint density at radius 1 is 0.893 bits per heavy atom. The minimum atomic E-state index is -0.614. The Morgan fingerprint density at radius 2 is 1.46 bits per heavy atom. The Balaban J connectivity index is 0.00000196. The summed E-state index contributed by atoms with van der Waals surface area (Å²) in [7, 11) is 0. The Hall–Kier alpha value is -1.34. The van der Waals surface area contributed by atoms with Crippen molar-refractivity contribution >= 4 is 36.6 Å². The summed E-state index contributed by atoms with van der Waals surface area (Å²) in [5.41, 5.74) is 8.17. The first kappa shape index (κ1) is 24.7. The molecule has 2 fully saturated rings. The van der Waals surface area contributed by atoms with E-state index in [1.807, 2.05) is 41.0 Å². The lowest BCUT2D eigenvalue weighted by Gasteiger charge is -2.37. The summed E-state index contributed by atoms with van der Waals surface area (Å²) in [6.45, 7) is 6.98. The van der Waals surface area contributed by atoms with Gasteiger partial charge in [-0.1, -0.05) is 29.8 Å². The predicted octanol–water partition coefficient (Wildman–Crippen LogP) is 2.00. The molecule has 0 aromatic heterocycles. The lowest BCUT2D eigenvalue weighted by molar-refractivity contribution is -0.136. The third-order valence-corrected chi connectivity index (χ3v) is 5.45. The fraction of sp³-hybridized carbons (Fsp3) is 0.600. The molecule has 0 bridgehead atoms. The average Bonchev–Trinajstić information content (AvgIpc) is 2.69. The highest BCUT2D eigenvalue weighted by Crippen LogP contribution is 2.16. The maximum absolute atomic E-state index is 12.7. The quantitative estimate of drug-likeness (QED) is 0.792. The van der Waals surface area contributed by atoms with E-state index in [1.165, 1.54) is 6.42 Å². The van der Waals surface area contributed by atoms with Crippen LogP contribution in [0.1, 0.15) is 36.4 Å². The third-order valence-electron chi connectivity index (χ3n) is 5.45. The average molecular weight is 431 g/mol. The Morgan fingerprint density at radius 3 is 2.04 bits per heavy atom. The zero-order chi connectivity index (χ0) is 18.5. The molecule has 0 aliphatic carbocycles. The molecule has 3 rings (SSSR count). The number of halogens is 2. The van der Waals surface area contributed by atoms with E-state index in [-0.39, 0.29) is 36.6 Å². The molecule has 2 amide bonds. The lowest BCUT2D eigenvalue weighted by atomic mass is 10.0. The van der Waals surface area contributed by atoms with Crippen LogP contribution in [0.5, 0.6) is 0 Å². The van der Waals surface area contributed by atoms with Crippen LogP contribution in [0.2, 0.25) is 0 Å². The van der Waals surface area contributed by atoms with Crippen molar-refractivity contribution in [2.24, 2.45) is 5.73 Å². The summed E-state index contributed by atoms with van der Waals surface area (Å²) >= 11 is 0. The first-order chi connectivity index (χ1) is 12.5. The van der Waals surface area contributed by atoms with Crippen molar-refractivity contribution in [3.05, 3.63) is 35.4 Å². The normalized spacial score (nSPS) is 18.6. The Kier molecular flexibility index (Phi) is 10.2. The van der Waals surface area contributed by atoms with Gasteiger partial charge in [-0.25, -0.2) is 0 Å². The number of likely N-dealkylation sites (tertiary alicyclic amines) is 1. The lowest BCUT2D eigenvalue weighted by Crippen LogP contribution is -2.53. The fourth-order valence-electron chi connectivity index (χ4n) is 3.67. The molecule has 2 N–H and O–H groups in total. The number of carbonyl (C=O) groups excluding carboxylic acids is 2. The molecule has 2 saturated heterocycles. The monoisotopic (exact) mass is 430 g/mol. The van der Waals surface area contributed by atoms with E-state index < -0.39 is 6.04 Å². The van der Waals surface area contributed by atoms with Crippen molar-refractivity contribution in [2.75, 3.05) is 45.8 Å². The third kappa shape index (κ3) is 6.34. The summed E-state index contributed by atoms with van der Waals surface area (Å²) < 4.78 is 0. The van der Waals surface area contributed by atoms with Gasteiger partial charge in [-0.05, 0) is 31.7 Å². The molecule has 0 radical (unpaired) electrons. The highest BCUT2D eigenvalue weighted by molar-refractivity contribution is 5.85. The van der Waals surface area contributed by atoms with Crippen LogP contribution in [0.15, 0.2) is 24.3 Å². The van der Waals surface area contributed by atoms with E-state index >= 15 is 0 Å². The van der Waals surface area contributed by atoms with E-state index in [0.29, 0.717) is 19.6 Å². The van der Waals surface area contributed by atoms with Gasteiger partial charge in [-0.2, -0.15) is 0 Å². The number of hydrogen-bond acceptors (Lipinski definition) is 4. The summed E-state index contributed by atoms with van der Waals surface area (Å²) in [6.07, 6.45) is 3.46. The van der Waals surface area contributed by atoms with Crippen LogP contribution < -0.4 is 5.73 Å². The maximum Gasteiger partial charge on any atom is 0.244 e. The van der Waals surface area contributed by atoms with Crippen molar-refractivity contribution in [3.63, 3.8) is 0 Å². The van der Waals surface area contributed by atoms with Crippen LogP contribution in [-0.4, -0.2) is 72.3 Å². The molecule has 1 atom stereocenters. The maximum atomic E-state index is 12.7. The zero-order valence-electron chi connectivity index (χ0n) is 16.5. The van der Waals surface area contributed by atoms with E-state index in [9.17, 15) is 9.59 Å². The number of benzene rings is 1. The molecule has 8 heteroatoms. The molecule has 0 saturated carbocycles. The molecule has 2 aliphatic rings. The first-order valence-electron chi connectivity index (χ1n) is 9.65. The number of rotatable bonds is 4. The molecule has 0 spiro atoms. The van der Waals surface area contributed by atoms with E-state index in [2.05, 4.69) is 4.90 Å². The number of nitrogens with two attached hydrogens (primary N) is 1. The minimum Gasteiger partial charge on any atom is -0.342 e. The van der Waals surface area contributed by atoms with Crippen molar-refractivity contribution < 1.29 is 9.59 Å². The second kappa shape index (κ2) is 11.6. The SMILES string of the molecule is Cc1ccc(C(N)C(=O)N2CCN(CC(=O)N3CCCCC3)CC2)cc1.Cl.Cl. The second-order valence-corrected chi connectivity index (χ2v) is 7.43. The van der Waals surface area contributed by atoms with Gasteiger partial charge in [0.25, 0.3) is 0 Å². The van der Waals surface area contributed by atoms with E-state index in [1.54, 1.807) is 0 Å². The smallest absolute Gasteiger partial charge is 0.244 e. The van der Waals surface area contributed by atoms with Crippen LogP contribution in [0.3, 0.4) is 0 Å². The van der Waals surface area contributed by atoms with Gasteiger partial charge >= 0.3 is 0 Å². The summed E-state index contributed by atoms with van der Waals surface area (Å²) in [6, 6.07) is 7.19. The molecular weight excluding hydrogens is 399 g/mol. The summed E-state index contributed by atoms with van der Waals surface area (Å²) in [4.78, 5) is 31.0. The van der Waals surface area contributed by atoms with Gasteiger partial charge in [0.05, 0.1) is 6.54 Å². The number of aryl methyl sites for hydroxylation is 1. The van der Waals surface area contributed by atoms with Gasteiger partial charge in [0, 0.05) is 39.3 Å². The number of piperazine rings is 1. The van der Waals surface area contributed by atoms with Crippen molar-refractivity contribution in [2.45, 2.75) is 32.2 Å². The van der Waals surface area contributed by atoms with E-state index in [0.717, 1.165) is 50.1 Å². The van der Waals surface area contributed by atoms with Gasteiger partial charge < -0.3 is 15.5 Å². The fourth-order valence-corrected chi connectivity index (χ4v) is 3.67. The molecular formula is C20H32Cl2N4O2. The topological polar surface area (TPSA) is 69.9 Å². The van der Waals surface area contributed by atoms with Gasteiger partial charge in [-0.15, -0.1) is 24.8 Å². The molecule has 6 nitrogen and oxygen atoms in total. The molecule has 28 heavy (non-hydrogen) atoms. The second-order valence-electron chi connectivity index (χ2n) is 7.43. The predicted molar refractivity (Wildman–Crippen MR) is 116 cm³/mol. The van der Waals surface area contributed by atoms with Gasteiger partial charge in [-0.3, -0.25) is 14.5 Å². The molecule has 2 heterocycles. The number of amides is 2. The van der Waals surface area contributed by atoms with Crippen LogP contribution >= 0.6 is 24.8 Å². The Bertz CT molecular complexity index is 628. The highest BCUT2D eigenvalue weighted by atomic mass is 35.5. The number of hydrogen-bond donors (Lipinski definition) is 1. The highest BCUT2D eigenvalue weighted by Gasteiger charge is 2.27. The van der Waals surface area contributed by atoms with Crippen LogP contribution in [0, 0.1) is 6.92 Å². The van der Waals surface area contributed by atoms with Crippen LogP contribution in [-0.2, 0) is 9.59 Å². The number of piperidine rings is 1. The van der Waals surface area contributed by atoms with Gasteiger partial charge in [0.2, 0.25) is 11.8 Å². The van der Waals surface area contributed by atoms with E-state index in [4.69, 9.17) is 5.73 Å². The largest absolute Gasteiger partial charge is 0.342 e. The van der Waals surface area contributed by atoms with Crippen molar-refractivity contribution in [1.82, 2.24) is 14.7 Å². The minimum absolute atomic E-state index is 0. The van der Waals surface area contributed by atoms with Crippen LogP contribution in [0.25, 0.3) is 0 Å². The molecule has 2 aliphatic heterocycles. The molecule has 1 aromatic carbocycles. The van der Waals surface area contributed by atoms with Crippen LogP contribution in [0.4, 0.5) is 0 Å². The number of nitrogens with zero attached hydrogens (tertiary/aromatic N) is 3. The zero-order valence-corrected chi connectivity index (χ0v) is 18.1. The number of carbonyl (C=O) groups is 2. The molecule has 158 valence electrons. The molecule has 1 unspecified atom stereocenters.